The van der Waals surface area contributed by atoms with Gasteiger partial charge in [-0.1, -0.05) is 37.5 Å². The third-order valence-corrected chi connectivity index (χ3v) is 8.59. The number of aromatic nitrogens is 1. The van der Waals surface area contributed by atoms with Crippen molar-refractivity contribution in [1.29, 1.82) is 0 Å². The van der Waals surface area contributed by atoms with Crippen LogP contribution in [0.5, 0.6) is 5.75 Å². The van der Waals surface area contributed by atoms with E-state index in [1.807, 2.05) is 18.2 Å². The van der Waals surface area contributed by atoms with Crippen molar-refractivity contribution in [2.24, 2.45) is 0 Å². The van der Waals surface area contributed by atoms with E-state index in [-0.39, 0.29) is 0 Å². The third kappa shape index (κ3) is 4.25. The van der Waals surface area contributed by atoms with Crippen molar-refractivity contribution >= 4 is 33.1 Å². The van der Waals surface area contributed by atoms with Crippen LogP contribution >= 0.6 is 0 Å². The highest BCUT2D eigenvalue weighted by Crippen LogP contribution is 2.46. The predicted octanol–water partition coefficient (Wildman–Crippen LogP) is 4.93. The monoisotopic (exact) mass is 493 g/mol. The number of hydrogen-bond donors (Lipinski definition) is 1. The molecule has 0 bridgehead atoms. The molecule has 0 atom stereocenters. The Morgan fingerprint density at radius 1 is 1.09 bits per heavy atom. The summed E-state index contributed by atoms with van der Waals surface area (Å²) in [5, 5.41) is 1.14. The van der Waals surface area contributed by atoms with Gasteiger partial charge in [0.05, 0.1) is 12.8 Å². The first-order valence-corrected chi connectivity index (χ1v) is 13.5. The lowest BCUT2D eigenvalue weighted by molar-refractivity contribution is 0.0980. The zero-order chi connectivity index (χ0) is 24.7. The lowest BCUT2D eigenvalue weighted by Crippen LogP contribution is -2.39. The largest absolute Gasteiger partial charge is 0.497 e. The molecule has 35 heavy (non-hydrogen) atoms. The average Bonchev–Trinajstić information content (AvgIpc) is 3.05. The van der Waals surface area contributed by atoms with E-state index in [2.05, 4.69) is 33.6 Å². The predicted molar refractivity (Wildman–Crippen MR) is 139 cm³/mol. The van der Waals surface area contributed by atoms with Crippen LogP contribution in [0, 0.1) is 0 Å². The van der Waals surface area contributed by atoms with Crippen LogP contribution in [0.4, 0.5) is 0 Å². The Kier molecular flexibility index (Phi) is 6.19. The minimum atomic E-state index is -3.88. The van der Waals surface area contributed by atoms with E-state index >= 15 is 0 Å². The Morgan fingerprint density at radius 3 is 2.57 bits per heavy atom. The number of hydrogen-bond acceptors (Lipinski definition) is 4. The van der Waals surface area contributed by atoms with Gasteiger partial charge in [-0.2, -0.15) is 12.7 Å². The van der Waals surface area contributed by atoms with Crippen molar-refractivity contribution in [1.82, 2.24) is 13.6 Å². The first kappa shape index (κ1) is 23.6. The molecule has 0 unspecified atom stereocenters. The summed E-state index contributed by atoms with van der Waals surface area (Å²) in [5.74, 6) is 0.632. The second-order valence-electron chi connectivity index (χ2n) is 9.51. The number of nitrogens with zero attached hydrogens (tertiary/aromatic N) is 2. The molecule has 2 aromatic carbocycles. The van der Waals surface area contributed by atoms with E-state index in [0.717, 1.165) is 44.9 Å². The number of nitrogens with one attached hydrogen (secondary N) is 1. The summed E-state index contributed by atoms with van der Waals surface area (Å²) in [4.78, 5) is 12.9. The van der Waals surface area contributed by atoms with E-state index in [9.17, 15) is 13.2 Å². The molecule has 1 aliphatic heterocycles. The number of amides is 1. The number of benzene rings is 2. The molecule has 184 valence electrons. The number of carbonyl (C=O) groups excluding carboxylic acids is 1. The lowest BCUT2D eigenvalue weighted by atomic mass is 9.81. The van der Waals surface area contributed by atoms with Crippen LogP contribution in [0.2, 0.25) is 0 Å². The van der Waals surface area contributed by atoms with Gasteiger partial charge in [0.25, 0.3) is 5.91 Å². The lowest BCUT2D eigenvalue weighted by Gasteiger charge is -2.24. The van der Waals surface area contributed by atoms with Gasteiger partial charge in [0, 0.05) is 42.7 Å². The van der Waals surface area contributed by atoms with Crippen molar-refractivity contribution in [2.75, 3.05) is 21.2 Å². The average molecular weight is 494 g/mol. The van der Waals surface area contributed by atoms with Crippen LogP contribution in [0.25, 0.3) is 28.2 Å². The smallest absolute Gasteiger partial charge is 0.303 e. The number of ether oxygens (including phenoxy) is 1. The zero-order valence-electron chi connectivity index (χ0n) is 20.4. The van der Waals surface area contributed by atoms with Crippen molar-refractivity contribution in [3.8, 4) is 17.0 Å². The van der Waals surface area contributed by atoms with E-state index < -0.39 is 16.1 Å². The van der Waals surface area contributed by atoms with Crippen LogP contribution in [-0.4, -0.2) is 44.4 Å². The molecule has 1 N–H and O–H groups in total. The minimum absolute atomic E-state index is 0.321. The second kappa shape index (κ2) is 9.17. The van der Waals surface area contributed by atoms with Gasteiger partial charge in [0.2, 0.25) is 0 Å². The standard InChI is InChI=1S/C27H31N3O4S/c1-29(2)35(32,33)28-27(31)20-11-13-23-24(17-20)30-15-7-10-19-16-21(34-3)12-14-22(19)26(30)25(23)18-8-5-4-6-9-18/h7,10-14,16-18H,4-6,8-9,15H2,1-3H3,(H,28,31). The number of carbonyl (C=O) groups is 1. The molecule has 2 aliphatic rings. The van der Waals surface area contributed by atoms with Crippen molar-refractivity contribution in [2.45, 2.75) is 44.6 Å². The first-order valence-electron chi connectivity index (χ1n) is 12.1. The number of methoxy groups -OCH3 is 1. The van der Waals surface area contributed by atoms with Gasteiger partial charge in [-0.3, -0.25) is 4.79 Å². The van der Waals surface area contributed by atoms with Crippen molar-refractivity contribution in [3.05, 3.63) is 59.2 Å². The van der Waals surface area contributed by atoms with Gasteiger partial charge in [0.1, 0.15) is 5.75 Å². The fourth-order valence-electron chi connectivity index (χ4n) is 5.38. The molecule has 0 radical (unpaired) electrons. The van der Waals surface area contributed by atoms with E-state index in [1.165, 1.54) is 44.6 Å². The first-order chi connectivity index (χ1) is 16.8. The summed E-state index contributed by atoms with van der Waals surface area (Å²) < 4.78 is 35.3. The molecular formula is C27H31N3O4S. The maximum absolute atomic E-state index is 12.9. The fourth-order valence-corrected chi connectivity index (χ4v) is 5.91. The summed E-state index contributed by atoms with van der Waals surface area (Å²) in [6.45, 7) is 0.663. The van der Waals surface area contributed by atoms with E-state index in [4.69, 9.17) is 4.74 Å². The normalized spacial score (nSPS) is 16.1. The van der Waals surface area contributed by atoms with Crippen LogP contribution in [0.1, 0.15) is 59.5 Å². The second-order valence-corrected chi connectivity index (χ2v) is 11.4. The molecule has 5 rings (SSSR count). The number of allylic oxidation sites excluding steroid dienone is 1. The molecule has 1 fully saturated rings. The van der Waals surface area contributed by atoms with Crippen LogP contribution in [0.15, 0.2) is 42.5 Å². The molecule has 1 aromatic heterocycles. The molecule has 8 heteroatoms. The van der Waals surface area contributed by atoms with Gasteiger partial charge < -0.3 is 9.30 Å². The fraction of sp³-hybridized carbons (Fsp3) is 0.370. The highest BCUT2D eigenvalue weighted by Gasteiger charge is 2.29. The number of fused-ring (bicyclic) bond motifs is 5. The topological polar surface area (TPSA) is 80.6 Å². The maximum atomic E-state index is 12.9. The Labute approximate surface area is 206 Å². The summed E-state index contributed by atoms with van der Waals surface area (Å²) in [6.07, 6.45) is 10.2. The van der Waals surface area contributed by atoms with Crippen molar-refractivity contribution in [3.63, 3.8) is 0 Å². The zero-order valence-corrected chi connectivity index (χ0v) is 21.2. The van der Waals surface area contributed by atoms with Gasteiger partial charge in [0.15, 0.2) is 0 Å². The maximum Gasteiger partial charge on any atom is 0.303 e. The van der Waals surface area contributed by atoms with Crippen molar-refractivity contribution < 1.29 is 17.9 Å². The molecule has 7 nitrogen and oxygen atoms in total. The number of rotatable bonds is 5. The molecule has 1 aliphatic carbocycles. The Balaban J connectivity index is 1.71. The van der Waals surface area contributed by atoms with Gasteiger partial charge in [-0.05, 0) is 60.2 Å². The van der Waals surface area contributed by atoms with Gasteiger partial charge in [-0.25, -0.2) is 4.72 Å². The molecule has 0 saturated heterocycles. The summed E-state index contributed by atoms with van der Waals surface area (Å²) in [5.41, 5.74) is 6.05. The Bertz CT molecular complexity index is 1430. The van der Waals surface area contributed by atoms with Crippen LogP contribution in [-0.2, 0) is 16.8 Å². The van der Waals surface area contributed by atoms with Gasteiger partial charge in [-0.15, -0.1) is 0 Å². The van der Waals surface area contributed by atoms with E-state index in [0.29, 0.717) is 18.0 Å². The highest BCUT2D eigenvalue weighted by molar-refractivity contribution is 7.87. The summed E-state index contributed by atoms with van der Waals surface area (Å²) in [7, 11) is 0.579. The summed E-state index contributed by atoms with van der Waals surface area (Å²) >= 11 is 0. The molecule has 0 spiro atoms. The van der Waals surface area contributed by atoms with Crippen LogP contribution in [0.3, 0.4) is 0 Å². The molecule has 3 aromatic rings. The summed E-state index contributed by atoms with van der Waals surface area (Å²) in [6, 6.07) is 11.7. The molecule has 1 saturated carbocycles. The third-order valence-electron chi connectivity index (χ3n) is 7.18. The Morgan fingerprint density at radius 2 is 1.86 bits per heavy atom. The SMILES string of the molecule is COc1ccc2c(c1)C=CCn1c-2c(C2CCCCC2)c2ccc(C(=O)NS(=O)(=O)N(C)C)cc21. The van der Waals surface area contributed by atoms with Crippen LogP contribution < -0.4 is 9.46 Å². The molecule has 1 amide bonds. The molecular weight excluding hydrogens is 462 g/mol. The quantitative estimate of drug-likeness (QED) is 0.547. The minimum Gasteiger partial charge on any atom is -0.497 e. The molecule has 2 heterocycles. The van der Waals surface area contributed by atoms with E-state index in [1.54, 1.807) is 13.2 Å². The Hall–Kier alpha value is -3.10. The highest BCUT2D eigenvalue weighted by atomic mass is 32.2. The van der Waals surface area contributed by atoms with Gasteiger partial charge >= 0.3 is 10.2 Å².